The van der Waals surface area contributed by atoms with Gasteiger partial charge in [0, 0.05) is 23.6 Å². The summed E-state index contributed by atoms with van der Waals surface area (Å²) >= 11 is 13.6. The average Bonchev–Trinajstić information content (AvgIpc) is 3.56. The van der Waals surface area contributed by atoms with Crippen LogP contribution < -0.4 is 24.4 Å². The first-order valence-electron chi connectivity index (χ1n) is 12.8. The topological polar surface area (TPSA) is 109 Å². The Bertz CT molecular complexity index is 1990. The van der Waals surface area contributed by atoms with Crippen LogP contribution in [0.15, 0.2) is 86.7 Å². The minimum absolute atomic E-state index is 0.0288. The molecule has 0 N–H and O–H groups in total. The van der Waals surface area contributed by atoms with Crippen molar-refractivity contribution >= 4 is 52.6 Å². The van der Waals surface area contributed by atoms with Crippen molar-refractivity contribution < 1.29 is 28.2 Å². The van der Waals surface area contributed by atoms with Crippen molar-refractivity contribution in [2.24, 2.45) is 4.99 Å². The molecule has 1 unspecified atom stereocenters. The summed E-state index contributed by atoms with van der Waals surface area (Å²) in [6, 6.07) is 12.4. The molecule has 220 valence electrons. The highest BCUT2D eigenvalue weighted by molar-refractivity contribution is 7.07. The molecule has 43 heavy (non-hydrogen) atoms. The Morgan fingerprint density at radius 2 is 1.93 bits per heavy atom. The van der Waals surface area contributed by atoms with E-state index in [9.17, 15) is 14.4 Å². The Morgan fingerprint density at radius 1 is 1.14 bits per heavy atom. The van der Waals surface area contributed by atoms with E-state index in [2.05, 4.69) is 11.6 Å². The summed E-state index contributed by atoms with van der Waals surface area (Å²) in [5, 5.41) is 0.965. The second-order valence-corrected chi connectivity index (χ2v) is 11.2. The van der Waals surface area contributed by atoms with Crippen molar-refractivity contribution in [1.82, 2.24) is 4.57 Å². The maximum absolute atomic E-state index is 13.9. The second-order valence-electron chi connectivity index (χ2n) is 9.30. The van der Waals surface area contributed by atoms with Gasteiger partial charge >= 0.3 is 11.9 Å². The molecule has 0 radical (unpaired) electrons. The van der Waals surface area contributed by atoms with Crippen LogP contribution in [-0.2, 0) is 14.3 Å². The van der Waals surface area contributed by atoms with Crippen molar-refractivity contribution in [3.05, 3.63) is 114 Å². The van der Waals surface area contributed by atoms with Crippen molar-refractivity contribution in [3.8, 4) is 22.8 Å². The lowest BCUT2D eigenvalue weighted by atomic mass is 9.95. The van der Waals surface area contributed by atoms with E-state index < -0.39 is 23.5 Å². The van der Waals surface area contributed by atoms with Crippen LogP contribution in [0.5, 0.6) is 11.5 Å². The Kier molecular flexibility index (Phi) is 8.72. The Morgan fingerprint density at radius 3 is 2.65 bits per heavy atom. The molecule has 12 heteroatoms. The van der Waals surface area contributed by atoms with Gasteiger partial charge in [-0.25, -0.2) is 9.79 Å². The van der Waals surface area contributed by atoms with Crippen LogP contribution in [0.4, 0.5) is 0 Å². The molecule has 9 nitrogen and oxygen atoms in total. The number of fused-ring (bicyclic) bond motifs is 1. The molecule has 0 aliphatic carbocycles. The number of hydrogen-bond acceptors (Lipinski definition) is 9. The number of aromatic nitrogens is 1. The van der Waals surface area contributed by atoms with Gasteiger partial charge in [0.15, 0.2) is 16.3 Å². The SMILES string of the molecule is C=CCOC(=O)C1=C(C)N=c2sc(=Cc3ccc(-c4cc(Cl)ccc4Cl)o3)c(=O)n2C1c1ccc(OC(C)=O)c(OC)c1. The molecule has 5 rings (SSSR count). The summed E-state index contributed by atoms with van der Waals surface area (Å²) in [6.45, 7) is 6.52. The zero-order chi connectivity index (χ0) is 30.8. The highest BCUT2D eigenvalue weighted by atomic mass is 35.5. The predicted molar refractivity (Wildman–Crippen MR) is 163 cm³/mol. The van der Waals surface area contributed by atoms with Crippen LogP contribution in [0.3, 0.4) is 0 Å². The van der Waals surface area contributed by atoms with Crippen LogP contribution in [-0.4, -0.2) is 30.2 Å². The van der Waals surface area contributed by atoms with Crippen molar-refractivity contribution in [2.45, 2.75) is 19.9 Å². The lowest BCUT2D eigenvalue weighted by molar-refractivity contribution is -0.138. The Labute approximate surface area is 259 Å². The molecule has 2 aromatic carbocycles. The quantitative estimate of drug-likeness (QED) is 0.143. The number of rotatable bonds is 8. The van der Waals surface area contributed by atoms with E-state index in [1.165, 1.54) is 24.7 Å². The number of benzene rings is 2. The third-order valence-corrected chi connectivity index (χ3v) is 7.97. The molecule has 3 heterocycles. The van der Waals surface area contributed by atoms with Crippen molar-refractivity contribution in [2.75, 3.05) is 13.7 Å². The van der Waals surface area contributed by atoms with Gasteiger partial charge in [0.25, 0.3) is 5.56 Å². The molecule has 0 amide bonds. The number of allylic oxidation sites excluding steroid dienone is 1. The zero-order valence-electron chi connectivity index (χ0n) is 23.2. The van der Waals surface area contributed by atoms with Crippen LogP contribution >= 0.6 is 34.5 Å². The summed E-state index contributed by atoms with van der Waals surface area (Å²) in [5.41, 5.74) is 1.26. The highest BCUT2D eigenvalue weighted by Gasteiger charge is 2.34. The third-order valence-electron chi connectivity index (χ3n) is 6.42. The van der Waals surface area contributed by atoms with E-state index in [0.29, 0.717) is 47.7 Å². The minimum atomic E-state index is -0.923. The van der Waals surface area contributed by atoms with E-state index in [1.54, 1.807) is 61.5 Å². The first kappa shape index (κ1) is 30.1. The van der Waals surface area contributed by atoms with Crippen LogP contribution in [0.25, 0.3) is 17.4 Å². The molecule has 0 bridgehead atoms. The van der Waals surface area contributed by atoms with Gasteiger partial charge in [0.2, 0.25) is 0 Å². The number of thiazole rings is 1. The highest BCUT2D eigenvalue weighted by Crippen LogP contribution is 2.36. The second kappa shape index (κ2) is 12.5. The fourth-order valence-corrected chi connectivity index (χ4v) is 6.00. The number of halogens is 2. The van der Waals surface area contributed by atoms with Crippen molar-refractivity contribution in [1.29, 1.82) is 0 Å². The van der Waals surface area contributed by atoms with Gasteiger partial charge in [-0.1, -0.05) is 53.3 Å². The zero-order valence-corrected chi connectivity index (χ0v) is 25.5. The third kappa shape index (κ3) is 6.08. The number of methoxy groups -OCH3 is 1. The van der Waals surface area contributed by atoms with Crippen molar-refractivity contribution in [3.63, 3.8) is 0 Å². The van der Waals surface area contributed by atoms with Gasteiger partial charge in [-0.15, -0.1) is 0 Å². The molecule has 0 fully saturated rings. The normalized spacial score (nSPS) is 14.6. The van der Waals surface area contributed by atoms with E-state index in [4.69, 9.17) is 41.8 Å². The van der Waals surface area contributed by atoms with E-state index in [1.807, 2.05) is 0 Å². The Balaban J connectivity index is 1.65. The maximum Gasteiger partial charge on any atom is 0.338 e. The number of carbonyl (C=O) groups is 2. The van der Waals surface area contributed by atoms with Gasteiger partial charge in [0.1, 0.15) is 18.1 Å². The standard InChI is InChI=1S/C31H24Cl2N2O7S/c1-5-12-40-30(38)27-16(2)34-31-35(28(27)18-6-10-24(41-17(3)36)25(13-18)39-4)29(37)26(43-31)15-20-8-11-23(42-20)21-14-19(32)7-9-22(21)33/h5-11,13-15,28H,1,12H2,2-4H3. The summed E-state index contributed by atoms with van der Waals surface area (Å²) in [4.78, 5) is 43.8. The summed E-state index contributed by atoms with van der Waals surface area (Å²) in [5.74, 6) is 0.135. The molecule has 0 spiro atoms. The molecule has 0 saturated carbocycles. The predicted octanol–water partition coefficient (Wildman–Crippen LogP) is 5.47. The lowest BCUT2D eigenvalue weighted by Gasteiger charge is -2.25. The minimum Gasteiger partial charge on any atom is -0.493 e. The monoisotopic (exact) mass is 638 g/mol. The summed E-state index contributed by atoms with van der Waals surface area (Å²) in [7, 11) is 1.42. The summed E-state index contributed by atoms with van der Waals surface area (Å²) in [6.07, 6.45) is 3.05. The molecule has 0 saturated heterocycles. The first-order chi connectivity index (χ1) is 20.6. The van der Waals surface area contributed by atoms with E-state index >= 15 is 0 Å². The molecular formula is C31H24Cl2N2O7S. The average molecular weight is 640 g/mol. The largest absolute Gasteiger partial charge is 0.493 e. The van der Waals surface area contributed by atoms with E-state index in [0.717, 1.165) is 11.3 Å². The molecule has 2 aromatic heterocycles. The smallest absolute Gasteiger partial charge is 0.338 e. The molecule has 1 atom stereocenters. The van der Waals surface area contributed by atoms with Gasteiger partial charge in [-0.05, 0) is 55.0 Å². The molecule has 4 aromatic rings. The number of hydrogen-bond donors (Lipinski definition) is 0. The van der Waals surface area contributed by atoms with Gasteiger partial charge in [-0.2, -0.15) is 0 Å². The van der Waals surface area contributed by atoms with E-state index in [-0.39, 0.29) is 23.7 Å². The fourth-order valence-electron chi connectivity index (χ4n) is 4.59. The number of nitrogens with zero attached hydrogens (tertiary/aromatic N) is 2. The fraction of sp³-hybridized carbons (Fsp3) is 0.161. The van der Waals surface area contributed by atoms with Gasteiger partial charge in [-0.3, -0.25) is 14.2 Å². The number of esters is 2. The molecule has 1 aliphatic heterocycles. The number of carbonyl (C=O) groups excluding carboxylic acids is 2. The van der Waals surface area contributed by atoms with Crippen LogP contribution in [0, 0.1) is 0 Å². The van der Waals surface area contributed by atoms with Crippen LogP contribution in [0.2, 0.25) is 10.0 Å². The summed E-state index contributed by atoms with van der Waals surface area (Å²) < 4.78 is 23.8. The molecule has 1 aliphatic rings. The maximum atomic E-state index is 13.9. The first-order valence-corrected chi connectivity index (χ1v) is 14.4. The Hall–Kier alpha value is -4.38. The van der Waals surface area contributed by atoms with Gasteiger partial charge in [0.05, 0.1) is 34.0 Å². The van der Waals surface area contributed by atoms with Crippen LogP contribution in [0.1, 0.15) is 31.2 Å². The lowest BCUT2D eigenvalue weighted by Crippen LogP contribution is -2.40. The number of ether oxygens (including phenoxy) is 3. The van der Waals surface area contributed by atoms with Gasteiger partial charge < -0.3 is 18.6 Å². The number of furan rings is 1. The molecular weight excluding hydrogens is 615 g/mol.